The zero-order valence-corrected chi connectivity index (χ0v) is 15.5. The van der Waals surface area contributed by atoms with Crippen molar-refractivity contribution in [3.63, 3.8) is 0 Å². The lowest BCUT2D eigenvalue weighted by molar-refractivity contribution is 0.0734. The lowest BCUT2D eigenvalue weighted by Gasteiger charge is -2.09. The van der Waals surface area contributed by atoms with Crippen LogP contribution in [-0.2, 0) is 9.84 Å². The van der Waals surface area contributed by atoms with Crippen LogP contribution in [0.25, 0.3) is 10.8 Å². The van der Waals surface area contributed by atoms with Crippen molar-refractivity contribution in [2.24, 2.45) is 0 Å². The van der Waals surface area contributed by atoms with E-state index in [1.54, 1.807) is 38.3 Å². The Bertz CT molecular complexity index is 1100. The van der Waals surface area contributed by atoms with Gasteiger partial charge in [-0.15, -0.1) is 0 Å². The highest BCUT2D eigenvalue weighted by atomic mass is 32.2. The molecule has 0 N–H and O–H groups in total. The molecule has 0 unspecified atom stereocenters. The van der Waals surface area contributed by atoms with E-state index in [4.69, 9.17) is 9.47 Å². The molecule has 0 aliphatic rings. The van der Waals surface area contributed by atoms with E-state index in [2.05, 4.69) is 0 Å². The molecule has 6 heteroatoms. The van der Waals surface area contributed by atoms with E-state index in [-0.39, 0.29) is 10.5 Å². The molecule has 0 aromatic heterocycles. The molecule has 3 aromatic carbocycles. The van der Waals surface area contributed by atoms with Crippen molar-refractivity contribution >= 4 is 26.6 Å². The van der Waals surface area contributed by atoms with Gasteiger partial charge in [-0.3, -0.25) is 0 Å². The number of methoxy groups -OCH3 is 1. The number of ether oxygens (including phenoxy) is 2. The molecular weight excluding hydrogens is 352 g/mol. The summed E-state index contributed by atoms with van der Waals surface area (Å²) in [6.07, 6.45) is 1.11. The molecule has 0 spiro atoms. The van der Waals surface area contributed by atoms with Crippen molar-refractivity contribution in [2.45, 2.75) is 11.8 Å². The van der Waals surface area contributed by atoms with Crippen LogP contribution in [0.15, 0.2) is 59.5 Å². The van der Waals surface area contributed by atoms with Crippen molar-refractivity contribution in [3.8, 4) is 11.5 Å². The Kier molecular flexibility index (Phi) is 4.70. The maximum Gasteiger partial charge on any atom is 0.343 e. The highest BCUT2D eigenvalue weighted by Gasteiger charge is 2.16. The first-order chi connectivity index (χ1) is 12.3. The summed E-state index contributed by atoms with van der Waals surface area (Å²) in [7, 11) is -1.84. The van der Waals surface area contributed by atoms with Gasteiger partial charge >= 0.3 is 5.97 Å². The molecule has 3 rings (SSSR count). The Labute approximate surface area is 152 Å². The quantitative estimate of drug-likeness (QED) is 0.516. The molecule has 0 bridgehead atoms. The van der Waals surface area contributed by atoms with Gasteiger partial charge in [-0.2, -0.15) is 0 Å². The number of carbonyl (C=O) groups excluding carboxylic acids is 1. The monoisotopic (exact) mass is 370 g/mol. The summed E-state index contributed by atoms with van der Waals surface area (Å²) in [5, 5.41) is 1.86. The summed E-state index contributed by atoms with van der Waals surface area (Å²) in [6, 6.07) is 15.4. The number of rotatable bonds is 4. The van der Waals surface area contributed by atoms with E-state index in [9.17, 15) is 13.2 Å². The highest BCUT2D eigenvalue weighted by Crippen LogP contribution is 2.26. The lowest BCUT2D eigenvalue weighted by Crippen LogP contribution is -2.10. The van der Waals surface area contributed by atoms with Crippen LogP contribution >= 0.6 is 0 Å². The first kappa shape index (κ1) is 17.9. The van der Waals surface area contributed by atoms with E-state index >= 15 is 0 Å². The van der Waals surface area contributed by atoms with Gasteiger partial charge in [0.15, 0.2) is 9.84 Å². The SMILES string of the molecule is COc1ccc2ccc(OC(=O)c3ccc(C)c(S(C)(=O)=O)c3)cc2c1. The van der Waals surface area contributed by atoms with Crippen molar-refractivity contribution in [1.29, 1.82) is 0 Å². The molecule has 5 nitrogen and oxygen atoms in total. The molecular formula is C20H18O5S. The second-order valence-electron chi connectivity index (χ2n) is 6.02. The summed E-state index contributed by atoms with van der Waals surface area (Å²) in [4.78, 5) is 12.5. The fraction of sp³-hybridized carbons (Fsp3) is 0.150. The molecule has 0 heterocycles. The number of hydrogen-bond acceptors (Lipinski definition) is 5. The van der Waals surface area contributed by atoms with Gasteiger partial charge in [0.25, 0.3) is 0 Å². The molecule has 0 atom stereocenters. The van der Waals surface area contributed by atoms with E-state index < -0.39 is 15.8 Å². The van der Waals surface area contributed by atoms with Crippen LogP contribution < -0.4 is 9.47 Å². The molecule has 0 fully saturated rings. The maximum atomic E-state index is 12.4. The van der Waals surface area contributed by atoms with Gasteiger partial charge in [0.05, 0.1) is 17.6 Å². The molecule has 134 valence electrons. The standard InChI is InChI=1S/C20H18O5S/c1-13-4-5-15(12-19(13)26(3,22)23)20(21)25-18-9-7-14-6-8-17(24-2)10-16(14)11-18/h4-12H,1-3H3. The van der Waals surface area contributed by atoms with Gasteiger partial charge in [0, 0.05) is 6.26 Å². The number of esters is 1. The zero-order valence-electron chi connectivity index (χ0n) is 14.6. The minimum absolute atomic E-state index is 0.121. The average Bonchev–Trinajstić information content (AvgIpc) is 2.60. The molecule has 0 aliphatic carbocycles. The topological polar surface area (TPSA) is 69.7 Å². The number of hydrogen-bond donors (Lipinski definition) is 0. The Morgan fingerprint density at radius 3 is 2.19 bits per heavy atom. The second-order valence-corrected chi connectivity index (χ2v) is 8.00. The Morgan fingerprint density at radius 2 is 1.54 bits per heavy atom. The Morgan fingerprint density at radius 1 is 0.885 bits per heavy atom. The van der Waals surface area contributed by atoms with Gasteiger partial charge < -0.3 is 9.47 Å². The second kappa shape index (κ2) is 6.80. The van der Waals surface area contributed by atoms with E-state index in [1.165, 1.54) is 6.07 Å². The molecule has 0 saturated carbocycles. The van der Waals surface area contributed by atoms with Crippen molar-refractivity contribution in [2.75, 3.05) is 13.4 Å². The molecule has 0 radical (unpaired) electrons. The molecule has 0 aliphatic heterocycles. The van der Waals surface area contributed by atoms with Crippen LogP contribution in [0, 0.1) is 6.92 Å². The third-order valence-corrected chi connectivity index (χ3v) is 5.29. The molecule has 0 amide bonds. The van der Waals surface area contributed by atoms with Gasteiger partial charge in [-0.05, 0) is 59.7 Å². The Hall–Kier alpha value is -2.86. The summed E-state index contributed by atoms with van der Waals surface area (Å²) < 4.78 is 34.3. The number of sulfone groups is 1. The third kappa shape index (κ3) is 3.70. The highest BCUT2D eigenvalue weighted by molar-refractivity contribution is 7.90. The fourth-order valence-electron chi connectivity index (χ4n) is 2.69. The van der Waals surface area contributed by atoms with Crippen molar-refractivity contribution in [1.82, 2.24) is 0 Å². The number of aryl methyl sites for hydroxylation is 1. The largest absolute Gasteiger partial charge is 0.497 e. The smallest absolute Gasteiger partial charge is 0.343 e. The summed E-state index contributed by atoms with van der Waals surface area (Å²) >= 11 is 0. The molecule has 3 aromatic rings. The number of benzene rings is 3. The van der Waals surface area contributed by atoms with Gasteiger partial charge in [0.1, 0.15) is 11.5 Å². The number of fused-ring (bicyclic) bond motifs is 1. The maximum absolute atomic E-state index is 12.4. The van der Waals surface area contributed by atoms with Crippen LogP contribution in [0.1, 0.15) is 15.9 Å². The van der Waals surface area contributed by atoms with Crippen LogP contribution in [0.4, 0.5) is 0 Å². The minimum Gasteiger partial charge on any atom is -0.497 e. The zero-order chi connectivity index (χ0) is 18.9. The molecule has 26 heavy (non-hydrogen) atoms. The van der Waals surface area contributed by atoms with Crippen LogP contribution in [0.3, 0.4) is 0 Å². The van der Waals surface area contributed by atoms with Crippen LogP contribution in [0.5, 0.6) is 11.5 Å². The Balaban J connectivity index is 1.91. The predicted octanol–water partition coefficient (Wildman–Crippen LogP) is 3.78. The predicted molar refractivity (Wildman–Crippen MR) is 99.7 cm³/mol. The summed E-state index contributed by atoms with van der Waals surface area (Å²) in [6.45, 7) is 1.68. The molecule has 0 saturated heterocycles. The third-order valence-electron chi connectivity index (χ3n) is 4.05. The van der Waals surface area contributed by atoms with Crippen molar-refractivity contribution in [3.05, 3.63) is 65.7 Å². The van der Waals surface area contributed by atoms with Gasteiger partial charge in [-0.1, -0.05) is 18.2 Å². The first-order valence-electron chi connectivity index (χ1n) is 7.88. The fourth-order valence-corrected chi connectivity index (χ4v) is 3.68. The lowest BCUT2D eigenvalue weighted by atomic mass is 10.1. The van der Waals surface area contributed by atoms with Gasteiger partial charge in [-0.25, -0.2) is 13.2 Å². The van der Waals surface area contributed by atoms with Crippen LogP contribution in [-0.4, -0.2) is 27.8 Å². The van der Waals surface area contributed by atoms with Crippen LogP contribution in [0.2, 0.25) is 0 Å². The summed E-state index contributed by atoms with van der Waals surface area (Å²) in [5.74, 6) is 0.465. The van der Waals surface area contributed by atoms with E-state index in [0.717, 1.165) is 17.0 Å². The average molecular weight is 370 g/mol. The van der Waals surface area contributed by atoms with E-state index in [0.29, 0.717) is 17.1 Å². The normalized spacial score (nSPS) is 11.3. The van der Waals surface area contributed by atoms with Gasteiger partial charge in [0.2, 0.25) is 0 Å². The van der Waals surface area contributed by atoms with E-state index in [1.807, 2.05) is 24.3 Å². The van der Waals surface area contributed by atoms with Crippen molar-refractivity contribution < 1.29 is 22.7 Å². The summed E-state index contributed by atoms with van der Waals surface area (Å²) in [5.41, 5.74) is 0.767. The first-order valence-corrected chi connectivity index (χ1v) is 9.78. The number of carbonyl (C=O) groups is 1. The minimum atomic E-state index is -3.42.